The molecule has 28 heavy (non-hydrogen) atoms. The fraction of sp³-hybridized carbons (Fsp3) is 0.217. The number of hydrogen-bond donors (Lipinski definition) is 0. The summed E-state index contributed by atoms with van der Waals surface area (Å²) in [6, 6.07) is 25.5. The van der Waals surface area contributed by atoms with E-state index < -0.39 is 8.32 Å². The highest BCUT2D eigenvalue weighted by Gasteiger charge is 2.50. The standard InChI is InChI=1S/C23H25N3OSi/c1-23(2,3)28(20-12-6-4-7-13-20,21-14-8-5-9-15-21)27-17-19-11-10-16-26-22(19)24-18-25-26/h4-16,18H,17H2,1-3H3. The van der Waals surface area contributed by atoms with E-state index in [2.05, 4.69) is 97.6 Å². The molecule has 0 spiro atoms. The van der Waals surface area contributed by atoms with Gasteiger partial charge in [0.15, 0.2) is 5.65 Å². The molecule has 0 atom stereocenters. The van der Waals surface area contributed by atoms with Crippen molar-refractivity contribution in [3.05, 3.63) is 90.9 Å². The fourth-order valence-electron chi connectivity index (χ4n) is 3.96. The molecule has 0 radical (unpaired) electrons. The van der Waals surface area contributed by atoms with Crippen LogP contribution in [0.15, 0.2) is 85.3 Å². The lowest BCUT2D eigenvalue weighted by Gasteiger charge is -2.43. The van der Waals surface area contributed by atoms with Gasteiger partial charge >= 0.3 is 0 Å². The Bertz CT molecular complexity index is 1020. The molecule has 142 valence electrons. The molecule has 0 saturated carbocycles. The van der Waals surface area contributed by atoms with E-state index in [1.54, 1.807) is 10.8 Å². The molecule has 0 amide bonds. The zero-order chi connectivity index (χ0) is 19.6. The fourth-order valence-corrected chi connectivity index (χ4v) is 8.49. The number of benzene rings is 2. The lowest BCUT2D eigenvalue weighted by molar-refractivity contribution is 0.287. The van der Waals surface area contributed by atoms with Gasteiger partial charge in [-0.15, -0.1) is 0 Å². The van der Waals surface area contributed by atoms with E-state index >= 15 is 0 Å². The highest BCUT2D eigenvalue weighted by atomic mass is 28.4. The summed E-state index contributed by atoms with van der Waals surface area (Å²) in [4.78, 5) is 4.41. The van der Waals surface area contributed by atoms with Gasteiger partial charge in [0, 0.05) is 11.8 Å². The van der Waals surface area contributed by atoms with Crippen LogP contribution in [0.5, 0.6) is 0 Å². The Labute approximate surface area is 167 Å². The second-order valence-electron chi connectivity index (χ2n) is 8.01. The third-order valence-corrected chi connectivity index (χ3v) is 10.2. The Hall–Kier alpha value is -2.76. The maximum absolute atomic E-state index is 6.99. The third kappa shape index (κ3) is 3.17. The molecule has 0 aliphatic heterocycles. The third-order valence-electron chi connectivity index (χ3n) is 5.25. The molecule has 2 aromatic heterocycles. The van der Waals surface area contributed by atoms with Gasteiger partial charge in [-0.2, -0.15) is 5.10 Å². The summed E-state index contributed by atoms with van der Waals surface area (Å²) < 4.78 is 8.78. The van der Waals surface area contributed by atoms with Crippen molar-refractivity contribution in [2.24, 2.45) is 0 Å². The molecular weight excluding hydrogens is 362 g/mol. The van der Waals surface area contributed by atoms with Crippen LogP contribution in [-0.4, -0.2) is 22.9 Å². The number of rotatable bonds is 5. The van der Waals surface area contributed by atoms with Crippen LogP contribution in [0.4, 0.5) is 0 Å². The van der Waals surface area contributed by atoms with E-state index in [1.165, 1.54) is 10.4 Å². The van der Waals surface area contributed by atoms with Gasteiger partial charge in [0.2, 0.25) is 0 Å². The van der Waals surface area contributed by atoms with Crippen LogP contribution in [0.1, 0.15) is 26.3 Å². The first-order valence-corrected chi connectivity index (χ1v) is 11.5. The molecule has 4 rings (SSSR count). The average Bonchev–Trinajstić information content (AvgIpc) is 3.19. The molecule has 2 aromatic carbocycles. The van der Waals surface area contributed by atoms with E-state index in [4.69, 9.17) is 4.43 Å². The Morgan fingerprint density at radius 3 is 2.04 bits per heavy atom. The molecule has 0 aliphatic rings. The van der Waals surface area contributed by atoms with E-state index in [1.807, 2.05) is 12.3 Å². The number of aromatic nitrogens is 3. The van der Waals surface area contributed by atoms with Gasteiger partial charge in [0.25, 0.3) is 8.32 Å². The monoisotopic (exact) mass is 387 g/mol. The van der Waals surface area contributed by atoms with Crippen molar-refractivity contribution in [2.45, 2.75) is 32.4 Å². The first-order valence-electron chi connectivity index (χ1n) is 9.54. The zero-order valence-corrected chi connectivity index (χ0v) is 17.5. The summed E-state index contributed by atoms with van der Waals surface area (Å²) in [6.07, 6.45) is 3.50. The number of pyridine rings is 1. The van der Waals surface area contributed by atoms with Crippen molar-refractivity contribution in [3.63, 3.8) is 0 Å². The van der Waals surface area contributed by atoms with Gasteiger partial charge in [-0.3, -0.25) is 0 Å². The van der Waals surface area contributed by atoms with Crippen LogP contribution in [0.2, 0.25) is 5.04 Å². The lowest BCUT2D eigenvalue weighted by atomic mass is 10.2. The summed E-state index contributed by atoms with van der Waals surface area (Å²) >= 11 is 0. The van der Waals surface area contributed by atoms with Crippen molar-refractivity contribution in [1.29, 1.82) is 0 Å². The smallest absolute Gasteiger partial charge is 0.261 e. The van der Waals surface area contributed by atoms with E-state index in [0.717, 1.165) is 11.2 Å². The summed E-state index contributed by atoms with van der Waals surface area (Å²) in [5.41, 5.74) is 1.90. The first-order chi connectivity index (χ1) is 13.5. The first kappa shape index (κ1) is 18.6. The van der Waals surface area contributed by atoms with Crippen LogP contribution >= 0.6 is 0 Å². The van der Waals surface area contributed by atoms with Gasteiger partial charge in [0.1, 0.15) is 6.33 Å². The van der Waals surface area contributed by atoms with Crippen LogP contribution < -0.4 is 10.4 Å². The van der Waals surface area contributed by atoms with Crippen LogP contribution in [-0.2, 0) is 11.0 Å². The van der Waals surface area contributed by atoms with Gasteiger partial charge in [-0.25, -0.2) is 9.50 Å². The molecule has 0 bridgehead atoms. The summed E-state index contributed by atoms with van der Waals surface area (Å²) in [7, 11) is -2.56. The normalized spacial score (nSPS) is 12.4. The SMILES string of the molecule is CC(C)(C)[Si](OCc1cccn2ncnc12)(c1ccccc1)c1ccccc1. The molecule has 4 nitrogen and oxygen atoms in total. The molecule has 2 heterocycles. The molecule has 0 N–H and O–H groups in total. The lowest BCUT2D eigenvalue weighted by Crippen LogP contribution is -2.66. The Balaban J connectivity index is 1.84. The van der Waals surface area contributed by atoms with Crippen molar-refractivity contribution in [1.82, 2.24) is 14.6 Å². The van der Waals surface area contributed by atoms with Gasteiger partial charge in [-0.1, -0.05) is 87.5 Å². The number of hydrogen-bond acceptors (Lipinski definition) is 3. The highest BCUT2D eigenvalue weighted by Crippen LogP contribution is 2.37. The summed E-state index contributed by atoms with van der Waals surface area (Å²) in [5.74, 6) is 0. The van der Waals surface area contributed by atoms with E-state index in [-0.39, 0.29) is 5.04 Å². The topological polar surface area (TPSA) is 39.4 Å². The molecule has 0 saturated heterocycles. The van der Waals surface area contributed by atoms with Crippen molar-refractivity contribution in [3.8, 4) is 0 Å². The molecule has 0 unspecified atom stereocenters. The van der Waals surface area contributed by atoms with Crippen LogP contribution in [0, 0.1) is 0 Å². The minimum absolute atomic E-state index is 0.0472. The maximum Gasteiger partial charge on any atom is 0.261 e. The zero-order valence-electron chi connectivity index (χ0n) is 16.5. The van der Waals surface area contributed by atoms with Crippen molar-refractivity contribution >= 4 is 24.3 Å². The summed E-state index contributed by atoms with van der Waals surface area (Å²) in [5, 5.41) is 6.76. The predicted molar refractivity (Wildman–Crippen MR) is 115 cm³/mol. The molecule has 4 aromatic rings. The van der Waals surface area contributed by atoms with Crippen molar-refractivity contribution in [2.75, 3.05) is 0 Å². The predicted octanol–water partition coefficient (Wildman–Crippen LogP) is 3.81. The van der Waals surface area contributed by atoms with Gasteiger partial charge < -0.3 is 4.43 Å². The number of fused-ring (bicyclic) bond motifs is 1. The van der Waals surface area contributed by atoms with E-state index in [0.29, 0.717) is 6.61 Å². The number of nitrogens with zero attached hydrogens (tertiary/aromatic N) is 3. The average molecular weight is 388 g/mol. The summed E-state index contributed by atoms with van der Waals surface area (Å²) in [6.45, 7) is 7.36. The largest absolute Gasteiger partial charge is 0.403 e. The second-order valence-corrected chi connectivity index (χ2v) is 12.3. The van der Waals surface area contributed by atoms with E-state index in [9.17, 15) is 0 Å². The van der Waals surface area contributed by atoms with Gasteiger partial charge in [0.05, 0.1) is 6.61 Å². The Morgan fingerprint density at radius 1 is 0.857 bits per heavy atom. The van der Waals surface area contributed by atoms with Crippen LogP contribution in [0.25, 0.3) is 5.65 Å². The van der Waals surface area contributed by atoms with Crippen molar-refractivity contribution < 1.29 is 4.43 Å². The molecule has 0 fully saturated rings. The second kappa shape index (κ2) is 7.34. The minimum atomic E-state index is -2.56. The minimum Gasteiger partial charge on any atom is -0.403 e. The molecule has 5 heteroatoms. The Morgan fingerprint density at radius 2 is 1.46 bits per heavy atom. The quantitative estimate of drug-likeness (QED) is 0.489. The molecular formula is C23H25N3OSi. The Kier molecular flexibility index (Phi) is 4.87. The maximum atomic E-state index is 6.99. The van der Waals surface area contributed by atoms with Gasteiger partial charge in [-0.05, 0) is 21.5 Å². The molecule has 0 aliphatic carbocycles. The highest BCUT2D eigenvalue weighted by molar-refractivity contribution is 6.99. The van der Waals surface area contributed by atoms with Crippen LogP contribution in [0.3, 0.4) is 0 Å².